The van der Waals surface area contributed by atoms with Crippen LogP contribution in [0.5, 0.6) is 23.0 Å². The van der Waals surface area contributed by atoms with Crippen LogP contribution in [0.4, 0.5) is 0 Å². The van der Waals surface area contributed by atoms with Gasteiger partial charge in [0.1, 0.15) is 0 Å². The molecule has 2 aromatic rings. The number of ether oxygens (including phenoxy) is 4. The summed E-state index contributed by atoms with van der Waals surface area (Å²) in [5, 5.41) is 0. The number of rotatable bonds is 9. The molecule has 0 aromatic heterocycles. The van der Waals surface area contributed by atoms with Gasteiger partial charge >= 0.3 is 0 Å². The van der Waals surface area contributed by atoms with Crippen molar-refractivity contribution in [3.63, 3.8) is 0 Å². The summed E-state index contributed by atoms with van der Waals surface area (Å²) in [6.45, 7) is 4.59. The van der Waals surface area contributed by atoms with Gasteiger partial charge in [-0.05, 0) is 67.1 Å². The number of nitrogens with two attached hydrogens (primary N) is 1. The number of methoxy groups -OCH3 is 4. The topological polar surface area (TPSA) is 62.9 Å². The molecule has 0 aliphatic carbocycles. The highest BCUT2D eigenvalue weighted by molar-refractivity contribution is 5.44. The van der Waals surface area contributed by atoms with E-state index in [1.54, 1.807) is 28.4 Å². The van der Waals surface area contributed by atoms with E-state index in [1.807, 2.05) is 12.1 Å². The SMILES string of the molecule is CN.COc1ccc(C[C@@H](C)[C@@H](C)Cc2ccc(OC)c(OC)c2)cc1OC. The van der Waals surface area contributed by atoms with Gasteiger partial charge in [0.25, 0.3) is 0 Å². The van der Waals surface area contributed by atoms with Crippen molar-refractivity contribution in [2.45, 2.75) is 26.7 Å². The minimum absolute atomic E-state index is 0.529. The van der Waals surface area contributed by atoms with Crippen molar-refractivity contribution in [2.75, 3.05) is 35.5 Å². The first-order valence-electron chi connectivity index (χ1n) is 9.51. The van der Waals surface area contributed by atoms with Crippen LogP contribution < -0.4 is 24.7 Å². The average Bonchev–Trinajstić information content (AvgIpc) is 2.74. The van der Waals surface area contributed by atoms with Crippen LogP contribution in [0.15, 0.2) is 36.4 Å². The molecule has 0 saturated heterocycles. The van der Waals surface area contributed by atoms with Gasteiger partial charge in [-0.2, -0.15) is 0 Å². The first kappa shape index (κ1) is 23.6. The molecule has 28 heavy (non-hydrogen) atoms. The molecule has 0 heterocycles. The van der Waals surface area contributed by atoms with Crippen molar-refractivity contribution in [3.05, 3.63) is 47.5 Å². The van der Waals surface area contributed by atoms with Crippen molar-refractivity contribution in [3.8, 4) is 23.0 Å². The molecule has 0 aliphatic heterocycles. The second-order valence-corrected chi connectivity index (χ2v) is 6.74. The minimum atomic E-state index is 0.529. The Kier molecular flexibility index (Phi) is 10.2. The standard InChI is InChI=1S/C22H30O4.CH5N/c1-15(11-17-7-9-19(23-3)21(13-17)25-5)16(2)12-18-8-10-20(24-4)22(14-18)26-6;1-2/h7-10,13-16H,11-12H2,1-6H3;2H2,1H3/t15-,16+;. The van der Waals surface area contributed by atoms with Crippen LogP contribution >= 0.6 is 0 Å². The highest BCUT2D eigenvalue weighted by atomic mass is 16.5. The van der Waals surface area contributed by atoms with Gasteiger partial charge in [-0.3, -0.25) is 0 Å². The van der Waals surface area contributed by atoms with Crippen LogP contribution in [-0.4, -0.2) is 35.5 Å². The molecule has 0 bridgehead atoms. The van der Waals surface area contributed by atoms with E-state index in [-0.39, 0.29) is 0 Å². The van der Waals surface area contributed by atoms with Crippen LogP contribution in [0.2, 0.25) is 0 Å². The Labute approximate surface area is 169 Å². The molecular weight excluding hydrogens is 354 g/mol. The van der Waals surface area contributed by atoms with E-state index in [2.05, 4.69) is 43.8 Å². The molecule has 2 atom stereocenters. The molecular formula is C23H35NO4. The smallest absolute Gasteiger partial charge is 0.160 e. The third-order valence-electron chi connectivity index (χ3n) is 4.98. The van der Waals surface area contributed by atoms with E-state index < -0.39 is 0 Å². The van der Waals surface area contributed by atoms with Crippen LogP contribution in [0.25, 0.3) is 0 Å². The molecule has 156 valence electrons. The van der Waals surface area contributed by atoms with E-state index in [0.717, 1.165) is 35.8 Å². The van der Waals surface area contributed by atoms with Crippen LogP contribution in [0.1, 0.15) is 25.0 Å². The second kappa shape index (κ2) is 12.1. The van der Waals surface area contributed by atoms with Crippen molar-refractivity contribution in [2.24, 2.45) is 17.6 Å². The molecule has 0 saturated carbocycles. The van der Waals surface area contributed by atoms with Gasteiger partial charge < -0.3 is 24.7 Å². The third-order valence-corrected chi connectivity index (χ3v) is 4.98. The Hall–Kier alpha value is -2.40. The van der Waals surface area contributed by atoms with Gasteiger partial charge in [0, 0.05) is 0 Å². The zero-order chi connectivity index (χ0) is 21.1. The number of hydrogen-bond donors (Lipinski definition) is 1. The van der Waals surface area contributed by atoms with E-state index in [1.165, 1.54) is 18.2 Å². The average molecular weight is 390 g/mol. The summed E-state index contributed by atoms with van der Waals surface area (Å²) in [6, 6.07) is 12.3. The molecule has 0 unspecified atom stereocenters. The first-order valence-corrected chi connectivity index (χ1v) is 9.51. The van der Waals surface area contributed by atoms with Crippen molar-refractivity contribution >= 4 is 0 Å². The van der Waals surface area contributed by atoms with Crippen LogP contribution in [0, 0.1) is 11.8 Å². The third kappa shape index (κ3) is 6.34. The molecule has 2 N–H and O–H groups in total. The fourth-order valence-electron chi connectivity index (χ4n) is 3.16. The van der Waals surface area contributed by atoms with Crippen LogP contribution in [0.3, 0.4) is 0 Å². The van der Waals surface area contributed by atoms with Gasteiger partial charge in [0.2, 0.25) is 0 Å². The highest BCUT2D eigenvalue weighted by Crippen LogP contribution is 2.32. The van der Waals surface area contributed by atoms with E-state index >= 15 is 0 Å². The molecule has 0 radical (unpaired) electrons. The second-order valence-electron chi connectivity index (χ2n) is 6.74. The molecule has 0 fully saturated rings. The normalized spacial score (nSPS) is 12.3. The summed E-state index contributed by atoms with van der Waals surface area (Å²) in [5.41, 5.74) is 7.02. The predicted molar refractivity (Wildman–Crippen MR) is 115 cm³/mol. The maximum Gasteiger partial charge on any atom is 0.160 e. The summed E-state index contributed by atoms with van der Waals surface area (Å²) in [7, 11) is 8.16. The lowest BCUT2D eigenvalue weighted by atomic mass is 9.85. The fraction of sp³-hybridized carbons (Fsp3) is 0.478. The van der Waals surface area contributed by atoms with Gasteiger partial charge in [-0.1, -0.05) is 26.0 Å². The molecule has 0 amide bonds. The fourth-order valence-corrected chi connectivity index (χ4v) is 3.16. The lowest BCUT2D eigenvalue weighted by Gasteiger charge is -2.21. The van der Waals surface area contributed by atoms with Gasteiger partial charge in [0.15, 0.2) is 23.0 Å². The number of hydrogen-bond acceptors (Lipinski definition) is 5. The van der Waals surface area contributed by atoms with Gasteiger partial charge in [-0.15, -0.1) is 0 Å². The Balaban J connectivity index is 0.00000190. The first-order chi connectivity index (χ1) is 13.5. The summed E-state index contributed by atoms with van der Waals surface area (Å²) in [5.74, 6) is 4.15. The van der Waals surface area contributed by atoms with Crippen molar-refractivity contribution in [1.29, 1.82) is 0 Å². The summed E-state index contributed by atoms with van der Waals surface area (Å²) in [4.78, 5) is 0. The van der Waals surface area contributed by atoms with E-state index in [0.29, 0.717) is 11.8 Å². The van der Waals surface area contributed by atoms with Gasteiger partial charge in [-0.25, -0.2) is 0 Å². The number of benzene rings is 2. The quantitative estimate of drug-likeness (QED) is 0.691. The zero-order valence-electron chi connectivity index (χ0n) is 18.2. The Morgan fingerprint density at radius 1 is 0.607 bits per heavy atom. The zero-order valence-corrected chi connectivity index (χ0v) is 18.2. The Morgan fingerprint density at radius 3 is 1.21 bits per heavy atom. The molecule has 0 spiro atoms. The van der Waals surface area contributed by atoms with E-state index in [9.17, 15) is 0 Å². The van der Waals surface area contributed by atoms with E-state index in [4.69, 9.17) is 18.9 Å². The highest BCUT2D eigenvalue weighted by Gasteiger charge is 2.16. The van der Waals surface area contributed by atoms with Gasteiger partial charge in [0.05, 0.1) is 28.4 Å². The Bertz CT molecular complexity index is 656. The summed E-state index contributed by atoms with van der Waals surface area (Å²) >= 11 is 0. The maximum absolute atomic E-state index is 5.41. The predicted octanol–water partition coefficient (Wildman–Crippen LogP) is 4.35. The molecule has 5 heteroatoms. The summed E-state index contributed by atoms with van der Waals surface area (Å²) < 4.78 is 21.5. The van der Waals surface area contributed by atoms with Crippen molar-refractivity contribution < 1.29 is 18.9 Å². The lowest BCUT2D eigenvalue weighted by Crippen LogP contribution is -2.14. The molecule has 5 nitrogen and oxygen atoms in total. The Morgan fingerprint density at radius 2 is 0.929 bits per heavy atom. The van der Waals surface area contributed by atoms with Crippen molar-refractivity contribution in [1.82, 2.24) is 0 Å². The molecule has 0 aliphatic rings. The molecule has 2 aromatic carbocycles. The summed E-state index contributed by atoms with van der Waals surface area (Å²) in [6.07, 6.45) is 1.99. The lowest BCUT2D eigenvalue weighted by molar-refractivity contribution is 0.350. The largest absolute Gasteiger partial charge is 0.493 e. The van der Waals surface area contributed by atoms with Crippen LogP contribution in [-0.2, 0) is 12.8 Å². The maximum atomic E-state index is 5.41. The molecule has 2 rings (SSSR count). The monoisotopic (exact) mass is 389 g/mol. The minimum Gasteiger partial charge on any atom is -0.493 e.